The number of nitrogens with zero attached hydrogens (tertiary/aromatic N) is 4. The fraction of sp³-hybridized carbons (Fsp3) is 0.250. The van der Waals surface area contributed by atoms with Crippen LogP contribution in [0.1, 0.15) is 11.1 Å². The molecule has 2 aromatic carbocycles. The Hall–Kier alpha value is -3.26. The number of fused-ring (bicyclic) bond motifs is 1. The Morgan fingerprint density at radius 2 is 1.83 bits per heavy atom. The van der Waals surface area contributed by atoms with Gasteiger partial charge < -0.3 is 5.32 Å². The van der Waals surface area contributed by atoms with E-state index >= 15 is 0 Å². The molecule has 4 rings (SSSR count). The highest BCUT2D eigenvalue weighted by atomic mass is 35.5. The van der Waals surface area contributed by atoms with E-state index in [2.05, 4.69) is 15.7 Å². The molecule has 2 aliphatic heterocycles. The normalized spacial score (nSPS) is 20.4. The van der Waals surface area contributed by atoms with Gasteiger partial charge in [0.1, 0.15) is 6.54 Å². The predicted molar refractivity (Wildman–Crippen MR) is 108 cm³/mol. The molecule has 1 fully saturated rings. The van der Waals surface area contributed by atoms with Crippen molar-refractivity contribution in [2.24, 2.45) is 10.3 Å². The lowest BCUT2D eigenvalue weighted by molar-refractivity contribution is -0.123. The van der Waals surface area contributed by atoms with Gasteiger partial charge in [-0.3, -0.25) is 19.4 Å². The molecule has 3 amide bonds. The molecule has 0 bridgehead atoms. The molecule has 2 aromatic rings. The lowest BCUT2D eigenvalue weighted by Crippen LogP contribution is -2.43. The van der Waals surface area contributed by atoms with Crippen molar-refractivity contribution in [3.8, 4) is 0 Å². The monoisotopic (exact) mass is 411 g/mol. The third-order valence-corrected chi connectivity index (χ3v) is 5.16. The van der Waals surface area contributed by atoms with Crippen molar-refractivity contribution in [1.29, 1.82) is 0 Å². The van der Waals surface area contributed by atoms with Gasteiger partial charge in [-0.1, -0.05) is 34.5 Å². The summed E-state index contributed by atoms with van der Waals surface area (Å²) in [6, 6.07) is 10.2. The van der Waals surface area contributed by atoms with E-state index < -0.39 is 23.9 Å². The van der Waals surface area contributed by atoms with Crippen LogP contribution in [0.25, 0.3) is 0 Å². The summed E-state index contributed by atoms with van der Waals surface area (Å²) in [5.41, 5.74) is 3.12. The van der Waals surface area contributed by atoms with Gasteiger partial charge in [0.25, 0.3) is 11.8 Å². The van der Waals surface area contributed by atoms with E-state index in [0.29, 0.717) is 16.4 Å². The first kappa shape index (κ1) is 19.1. The Morgan fingerprint density at radius 1 is 1.10 bits per heavy atom. The third-order valence-electron chi connectivity index (χ3n) is 4.90. The van der Waals surface area contributed by atoms with Gasteiger partial charge in [0.05, 0.1) is 5.69 Å². The fourth-order valence-corrected chi connectivity index (χ4v) is 3.62. The Labute approximate surface area is 172 Å². The molecule has 2 atom stereocenters. The predicted octanol–water partition coefficient (Wildman–Crippen LogP) is 2.89. The Morgan fingerprint density at radius 3 is 2.52 bits per heavy atom. The minimum absolute atomic E-state index is 0.189. The van der Waals surface area contributed by atoms with Gasteiger partial charge in [0.15, 0.2) is 12.1 Å². The van der Waals surface area contributed by atoms with Crippen LogP contribution in [0.3, 0.4) is 0 Å². The van der Waals surface area contributed by atoms with Crippen LogP contribution in [0.4, 0.5) is 11.4 Å². The van der Waals surface area contributed by atoms with E-state index in [4.69, 9.17) is 11.6 Å². The number of anilines is 2. The van der Waals surface area contributed by atoms with Crippen LogP contribution in [0.5, 0.6) is 0 Å². The largest absolute Gasteiger partial charge is 0.324 e. The molecule has 0 aromatic heterocycles. The smallest absolute Gasteiger partial charge is 0.263 e. The summed E-state index contributed by atoms with van der Waals surface area (Å²) in [6.45, 7) is 3.68. The minimum Gasteiger partial charge on any atom is -0.324 e. The summed E-state index contributed by atoms with van der Waals surface area (Å²) < 4.78 is 0. The molecular weight excluding hydrogens is 394 g/mol. The van der Waals surface area contributed by atoms with Crippen molar-refractivity contribution in [2.75, 3.05) is 16.8 Å². The van der Waals surface area contributed by atoms with Crippen molar-refractivity contribution in [3.05, 3.63) is 58.6 Å². The van der Waals surface area contributed by atoms with E-state index in [9.17, 15) is 14.4 Å². The van der Waals surface area contributed by atoms with Crippen LogP contribution in [0, 0.1) is 13.8 Å². The number of carbonyl (C=O) groups is 3. The standard InChI is InChI=1S/C20H18ClN5O3/c1-11-3-8-15(12(2)9-11)22-16(27)10-25-18-17(23-24-25)19(28)26(20(18)29)14-6-4-13(21)5-7-14/h3-9,17-18H,10H2,1-2H3,(H,22,27)/t17-,18-/m1/s1. The number of amides is 3. The highest BCUT2D eigenvalue weighted by Gasteiger charge is 2.55. The van der Waals surface area contributed by atoms with Crippen LogP contribution >= 0.6 is 11.6 Å². The molecule has 9 heteroatoms. The van der Waals surface area contributed by atoms with Gasteiger partial charge in [0, 0.05) is 10.7 Å². The molecule has 0 spiro atoms. The summed E-state index contributed by atoms with van der Waals surface area (Å²) in [5.74, 6) is -1.28. The Balaban J connectivity index is 1.49. The highest BCUT2D eigenvalue weighted by molar-refractivity contribution is 6.31. The van der Waals surface area contributed by atoms with Gasteiger partial charge in [-0.25, -0.2) is 4.90 Å². The lowest BCUT2D eigenvalue weighted by Gasteiger charge is -2.20. The number of benzene rings is 2. The number of rotatable bonds is 4. The van der Waals surface area contributed by atoms with Gasteiger partial charge >= 0.3 is 0 Å². The first-order valence-corrected chi connectivity index (χ1v) is 9.41. The first-order chi connectivity index (χ1) is 13.8. The van der Waals surface area contributed by atoms with Crippen molar-refractivity contribution in [2.45, 2.75) is 25.9 Å². The van der Waals surface area contributed by atoms with E-state index in [0.717, 1.165) is 16.0 Å². The molecule has 1 N–H and O–H groups in total. The number of hydrogen-bond acceptors (Lipinski definition) is 6. The Bertz CT molecular complexity index is 1040. The number of carbonyl (C=O) groups excluding carboxylic acids is 3. The van der Waals surface area contributed by atoms with Crippen LogP contribution < -0.4 is 10.2 Å². The fourth-order valence-electron chi connectivity index (χ4n) is 3.49. The molecule has 1 saturated heterocycles. The summed E-state index contributed by atoms with van der Waals surface area (Å²) in [6.07, 6.45) is 0. The molecule has 2 aliphatic rings. The van der Waals surface area contributed by atoms with Gasteiger partial charge in [-0.2, -0.15) is 5.11 Å². The molecule has 0 aliphatic carbocycles. The minimum atomic E-state index is -0.952. The molecular formula is C20H18ClN5O3. The first-order valence-electron chi connectivity index (χ1n) is 9.03. The average molecular weight is 412 g/mol. The molecule has 0 saturated carbocycles. The van der Waals surface area contributed by atoms with Gasteiger partial charge in [0.2, 0.25) is 5.91 Å². The maximum atomic E-state index is 12.9. The van der Waals surface area contributed by atoms with Crippen molar-refractivity contribution >= 4 is 40.7 Å². The zero-order chi connectivity index (χ0) is 20.7. The van der Waals surface area contributed by atoms with E-state index in [1.54, 1.807) is 24.3 Å². The molecule has 0 radical (unpaired) electrons. The lowest BCUT2D eigenvalue weighted by atomic mass is 10.1. The number of nitrogens with one attached hydrogen (secondary N) is 1. The summed E-state index contributed by atoms with van der Waals surface area (Å²) in [4.78, 5) is 39.1. The highest BCUT2D eigenvalue weighted by Crippen LogP contribution is 2.32. The zero-order valence-electron chi connectivity index (χ0n) is 15.8. The molecule has 29 heavy (non-hydrogen) atoms. The summed E-state index contributed by atoms with van der Waals surface area (Å²) >= 11 is 5.88. The van der Waals surface area contributed by atoms with Crippen molar-refractivity contribution in [1.82, 2.24) is 5.01 Å². The zero-order valence-corrected chi connectivity index (χ0v) is 16.6. The van der Waals surface area contributed by atoms with Crippen LogP contribution in [-0.4, -0.2) is 41.4 Å². The van der Waals surface area contributed by atoms with E-state index in [-0.39, 0.29) is 12.5 Å². The van der Waals surface area contributed by atoms with Gasteiger partial charge in [-0.05, 0) is 49.7 Å². The molecule has 2 heterocycles. The van der Waals surface area contributed by atoms with Crippen LogP contribution in [0.2, 0.25) is 5.02 Å². The van der Waals surface area contributed by atoms with Crippen LogP contribution in [0.15, 0.2) is 52.8 Å². The van der Waals surface area contributed by atoms with E-state index in [1.165, 1.54) is 5.01 Å². The molecule has 0 unspecified atom stereocenters. The number of aryl methyl sites for hydroxylation is 2. The number of halogens is 1. The molecule has 8 nitrogen and oxygen atoms in total. The number of hydrogen-bond donors (Lipinski definition) is 1. The topological polar surface area (TPSA) is 94.4 Å². The van der Waals surface area contributed by atoms with Crippen LogP contribution in [-0.2, 0) is 14.4 Å². The number of imide groups is 1. The van der Waals surface area contributed by atoms with Gasteiger partial charge in [-0.15, -0.1) is 0 Å². The second-order valence-corrected chi connectivity index (χ2v) is 7.48. The molecule has 148 valence electrons. The van der Waals surface area contributed by atoms with E-state index in [1.807, 2.05) is 32.0 Å². The average Bonchev–Trinajstić information content (AvgIpc) is 3.19. The van der Waals surface area contributed by atoms with Crippen molar-refractivity contribution in [3.63, 3.8) is 0 Å². The maximum Gasteiger partial charge on any atom is 0.263 e. The SMILES string of the molecule is Cc1ccc(NC(=O)CN2N=N[C@H]3C(=O)N(c4ccc(Cl)cc4)C(=O)[C@@H]32)c(C)c1. The van der Waals surface area contributed by atoms with Crippen molar-refractivity contribution < 1.29 is 14.4 Å². The quantitative estimate of drug-likeness (QED) is 0.782. The maximum absolute atomic E-state index is 12.9. The Kier molecular flexibility index (Phi) is 4.79. The second kappa shape index (κ2) is 7.29. The summed E-state index contributed by atoms with van der Waals surface area (Å²) in [7, 11) is 0. The second-order valence-electron chi connectivity index (χ2n) is 7.05. The third kappa shape index (κ3) is 3.47. The summed E-state index contributed by atoms with van der Waals surface area (Å²) in [5, 5.41) is 12.4.